The van der Waals surface area contributed by atoms with Crippen LogP contribution in [-0.2, 0) is 11.0 Å². The van der Waals surface area contributed by atoms with E-state index >= 15 is 0 Å². The normalized spacial score (nSPS) is 21.9. The maximum atomic E-state index is 13.1. The van der Waals surface area contributed by atoms with Crippen molar-refractivity contribution in [3.05, 3.63) is 47.9 Å². The van der Waals surface area contributed by atoms with Gasteiger partial charge in [0.25, 0.3) is 0 Å². The zero-order chi connectivity index (χ0) is 19.9. The first-order chi connectivity index (χ1) is 13.3. The number of carbonyl (C=O) groups is 1. The molecule has 1 aromatic carbocycles. The summed E-state index contributed by atoms with van der Waals surface area (Å²) >= 11 is 0. The largest absolute Gasteiger partial charge is 0.418 e. The molecule has 3 aliphatic heterocycles. The van der Waals surface area contributed by atoms with Gasteiger partial charge in [0.05, 0.1) is 17.8 Å². The molecule has 2 bridgehead atoms. The van der Waals surface area contributed by atoms with E-state index in [4.69, 9.17) is 0 Å². The Hall–Kier alpha value is -2.68. The Morgan fingerprint density at radius 3 is 2.61 bits per heavy atom. The van der Waals surface area contributed by atoms with Crippen molar-refractivity contribution >= 4 is 17.4 Å². The third-order valence-electron chi connectivity index (χ3n) is 5.26. The number of fused-ring (bicyclic) bond motifs is 2. The Morgan fingerprint density at radius 1 is 1.21 bits per heavy atom. The van der Waals surface area contributed by atoms with Crippen LogP contribution in [0.1, 0.15) is 17.8 Å². The van der Waals surface area contributed by atoms with Crippen molar-refractivity contribution in [1.82, 2.24) is 14.9 Å². The third kappa shape index (κ3) is 3.66. The summed E-state index contributed by atoms with van der Waals surface area (Å²) in [5, 5.41) is 2.42. The molecule has 0 saturated carbocycles. The lowest BCUT2D eigenvalue weighted by molar-refractivity contribution is -0.137. The quantitative estimate of drug-likeness (QED) is 0.869. The van der Waals surface area contributed by atoms with Crippen molar-refractivity contribution in [3.63, 3.8) is 0 Å². The van der Waals surface area contributed by atoms with Gasteiger partial charge in [0.1, 0.15) is 11.6 Å². The molecule has 5 rings (SSSR count). The van der Waals surface area contributed by atoms with Gasteiger partial charge < -0.3 is 10.2 Å². The van der Waals surface area contributed by atoms with Gasteiger partial charge in [-0.25, -0.2) is 9.97 Å². The number of nitrogens with zero attached hydrogens (tertiary/aromatic N) is 4. The number of para-hydroxylation sites is 1. The molecule has 2 unspecified atom stereocenters. The van der Waals surface area contributed by atoms with E-state index in [1.807, 2.05) is 13.0 Å². The SMILES string of the molecule is Cc1nccc(N2CC3CC(C2)N3CC(=O)Nc2ccccc2C(F)(F)F)n1. The fraction of sp³-hybridized carbons (Fsp3) is 0.421. The number of nitrogens with one attached hydrogen (secondary N) is 1. The van der Waals surface area contributed by atoms with Gasteiger partial charge in [-0.3, -0.25) is 9.69 Å². The predicted molar refractivity (Wildman–Crippen MR) is 98.0 cm³/mol. The van der Waals surface area contributed by atoms with Crippen LogP contribution in [0.15, 0.2) is 36.5 Å². The molecule has 3 aliphatic rings. The summed E-state index contributed by atoms with van der Waals surface area (Å²) in [5.74, 6) is 1.14. The van der Waals surface area contributed by atoms with Crippen molar-refractivity contribution in [2.75, 3.05) is 29.9 Å². The number of amides is 1. The maximum absolute atomic E-state index is 13.1. The lowest BCUT2D eigenvalue weighted by Crippen LogP contribution is -2.69. The number of halogens is 3. The molecule has 28 heavy (non-hydrogen) atoms. The van der Waals surface area contributed by atoms with E-state index in [9.17, 15) is 18.0 Å². The molecule has 0 radical (unpaired) electrons. The lowest BCUT2D eigenvalue weighted by Gasteiger charge is -2.56. The number of hydrogen-bond acceptors (Lipinski definition) is 5. The average molecular weight is 391 g/mol. The van der Waals surface area contributed by atoms with Gasteiger partial charge in [-0.05, 0) is 31.5 Å². The number of piperidine rings is 1. The molecule has 148 valence electrons. The highest BCUT2D eigenvalue weighted by Gasteiger charge is 2.45. The maximum Gasteiger partial charge on any atom is 0.418 e. The molecule has 9 heteroatoms. The van der Waals surface area contributed by atoms with Crippen molar-refractivity contribution in [2.24, 2.45) is 0 Å². The fourth-order valence-corrected chi connectivity index (χ4v) is 3.95. The van der Waals surface area contributed by atoms with Gasteiger partial charge in [0.15, 0.2) is 0 Å². The van der Waals surface area contributed by atoms with Crippen LogP contribution in [0.3, 0.4) is 0 Å². The zero-order valence-electron chi connectivity index (χ0n) is 15.3. The van der Waals surface area contributed by atoms with Gasteiger partial charge >= 0.3 is 6.18 Å². The highest BCUT2D eigenvalue weighted by atomic mass is 19.4. The van der Waals surface area contributed by atoms with Crippen LogP contribution in [-0.4, -0.2) is 52.5 Å². The van der Waals surface area contributed by atoms with Crippen LogP contribution in [0.25, 0.3) is 0 Å². The molecule has 2 aromatic rings. The van der Waals surface area contributed by atoms with Crippen molar-refractivity contribution in [1.29, 1.82) is 0 Å². The Balaban J connectivity index is 1.38. The Morgan fingerprint density at radius 2 is 1.93 bits per heavy atom. The summed E-state index contributed by atoms with van der Waals surface area (Å²) in [6, 6.07) is 7.28. The first kappa shape index (κ1) is 18.7. The number of alkyl halides is 3. The molecule has 1 N–H and O–H groups in total. The van der Waals surface area contributed by atoms with E-state index < -0.39 is 17.6 Å². The van der Waals surface area contributed by atoms with Crippen LogP contribution < -0.4 is 10.2 Å². The van der Waals surface area contributed by atoms with E-state index in [-0.39, 0.29) is 24.3 Å². The Labute approximate surface area is 160 Å². The number of rotatable bonds is 4. The van der Waals surface area contributed by atoms with Gasteiger partial charge in [0.2, 0.25) is 5.91 Å². The first-order valence-electron chi connectivity index (χ1n) is 9.07. The molecule has 6 nitrogen and oxygen atoms in total. The number of aromatic nitrogens is 2. The molecule has 0 spiro atoms. The molecular formula is C19H20F3N5O. The monoisotopic (exact) mass is 391 g/mol. The number of hydrogen-bond donors (Lipinski definition) is 1. The molecule has 1 amide bonds. The minimum Gasteiger partial charge on any atom is -0.353 e. The standard InChI is InChI=1S/C19H20F3N5O/c1-12-23-7-6-17(24-12)26-9-13-8-14(10-26)27(13)11-18(28)25-16-5-3-2-4-15(16)19(20,21)22/h2-7,13-14H,8-11H2,1H3,(H,25,28). The topological polar surface area (TPSA) is 61.4 Å². The van der Waals surface area contributed by atoms with Crippen molar-refractivity contribution < 1.29 is 18.0 Å². The molecule has 3 fully saturated rings. The molecule has 2 atom stereocenters. The van der Waals surface area contributed by atoms with E-state index in [0.717, 1.165) is 31.4 Å². The second kappa shape index (κ2) is 7.05. The Kier molecular flexibility index (Phi) is 4.70. The number of piperazine rings is 1. The van der Waals surface area contributed by atoms with E-state index in [1.165, 1.54) is 18.2 Å². The van der Waals surface area contributed by atoms with Crippen molar-refractivity contribution in [2.45, 2.75) is 31.6 Å². The second-order valence-electron chi connectivity index (χ2n) is 7.17. The molecular weight excluding hydrogens is 371 g/mol. The van der Waals surface area contributed by atoms with Crippen LogP contribution in [0.5, 0.6) is 0 Å². The summed E-state index contributed by atoms with van der Waals surface area (Å²) in [6.07, 6.45) is -1.80. The minimum atomic E-state index is -4.51. The van der Waals surface area contributed by atoms with Crippen LogP contribution in [0, 0.1) is 6.92 Å². The summed E-state index contributed by atoms with van der Waals surface area (Å²) in [7, 11) is 0. The van der Waals surface area contributed by atoms with E-state index in [0.29, 0.717) is 5.82 Å². The molecule has 0 aliphatic carbocycles. The fourth-order valence-electron chi connectivity index (χ4n) is 3.95. The van der Waals surface area contributed by atoms with Gasteiger partial charge in [-0.1, -0.05) is 12.1 Å². The third-order valence-corrected chi connectivity index (χ3v) is 5.26. The number of aryl methyl sites for hydroxylation is 1. The highest BCUT2D eigenvalue weighted by Crippen LogP contribution is 2.36. The zero-order valence-corrected chi connectivity index (χ0v) is 15.3. The Bertz CT molecular complexity index is 876. The number of anilines is 2. The molecule has 1 aromatic heterocycles. The minimum absolute atomic E-state index is 0.0815. The average Bonchev–Trinajstić information content (AvgIpc) is 2.66. The molecule has 3 saturated heterocycles. The number of benzene rings is 1. The summed E-state index contributed by atoms with van der Waals surface area (Å²) in [6.45, 7) is 3.39. The smallest absolute Gasteiger partial charge is 0.353 e. The van der Waals surface area contributed by atoms with Gasteiger partial charge in [-0.2, -0.15) is 13.2 Å². The van der Waals surface area contributed by atoms with E-state index in [2.05, 4.69) is 25.1 Å². The summed E-state index contributed by atoms with van der Waals surface area (Å²) in [4.78, 5) is 25.1. The second-order valence-corrected chi connectivity index (χ2v) is 7.17. The lowest BCUT2D eigenvalue weighted by atomic mass is 9.87. The van der Waals surface area contributed by atoms with Crippen LogP contribution in [0.4, 0.5) is 24.7 Å². The molecule has 4 heterocycles. The first-order valence-corrected chi connectivity index (χ1v) is 9.07. The van der Waals surface area contributed by atoms with Gasteiger partial charge in [-0.15, -0.1) is 0 Å². The van der Waals surface area contributed by atoms with Crippen LogP contribution in [0.2, 0.25) is 0 Å². The van der Waals surface area contributed by atoms with Crippen LogP contribution >= 0.6 is 0 Å². The highest BCUT2D eigenvalue weighted by molar-refractivity contribution is 5.93. The number of carbonyl (C=O) groups excluding carboxylic acids is 1. The predicted octanol–water partition coefficient (Wildman–Crippen LogP) is 2.71. The van der Waals surface area contributed by atoms with Gasteiger partial charge in [0, 0.05) is 31.4 Å². The van der Waals surface area contributed by atoms with E-state index in [1.54, 1.807) is 6.20 Å². The van der Waals surface area contributed by atoms with Crippen molar-refractivity contribution in [3.8, 4) is 0 Å². The summed E-state index contributed by atoms with van der Waals surface area (Å²) in [5.41, 5.74) is -1.04. The summed E-state index contributed by atoms with van der Waals surface area (Å²) < 4.78 is 39.2.